The van der Waals surface area contributed by atoms with E-state index in [0.29, 0.717) is 5.41 Å². The quantitative estimate of drug-likeness (QED) is 0.379. The first-order chi connectivity index (χ1) is 4.73. The van der Waals surface area contributed by atoms with Crippen LogP contribution in [0.2, 0.25) is 0 Å². The van der Waals surface area contributed by atoms with Gasteiger partial charge in [-0.15, -0.1) is 0 Å². The molecular weight excluding hydrogens is 500 g/mol. The molecule has 0 saturated carbocycles. The minimum absolute atomic E-state index is 0. The molecule has 0 aliphatic heterocycles. The van der Waals surface area contributed by atoms with Gasteiger partial charge in [0, 0.05) is 131 Å². The smallest absolute Gasteiger partial charge is 0 e. The second-order valence-electron chi connectivity index (χ2n) is 4.73. The predicted molar refractivity (Wildman–Crippen MR) is 63.4 cm³/mol. The van der Waals surface area contributed by atoms with Gasteiger partial charge in [0.25, 0.3) is 0 Å². The molecule has 0 spiro atoms. The van der Waals surface area contributed by atoms with Gasteiger partial charge in [0.2, 0.25) is 0 Å². The zero-order valence-corrected chi connectivity index (χ0v) is 24.7. The van der Waals surface area contributed by atoms with Gasteiger partial charge in [-0.3, -0.25) is 0 Å². The summed E-state index contributed by atoms with van der Waals surface area (Å²) in [7, 11) is 0. The summed E-state index contributed by atoms with van der Waals surface area (Å²) < 4.78 is 0. The first-order valence-corrected chi connectivity index (χ1v) is 4.73. The van der Waals surface area contributed by atoms with Gasteiger partial charge in [-0.05, 0) is 11.3 Å². The summed E-state index contributed by atoms with van der Waals surface area (Å²) in [6, 6.07) is 0. The Morgan fingerprint density at radius 2 is 0.625 bits per heavy atom. The Bertz CT molecular complexity index is 49.8. The van der Waals surface area contributed by atoms with E-state index >= 15 is 0 Å². The molecular formula is C12H31Y4-. The molecule has 0 heterocycles. The van der Waals surface area contributed by atoms with Gasteiger partial charge in [0.1, 0.15) is 0 Å². The monoisotopic (exact) mass is 531 g/mol. The van der Waals surface area contributed by atoms with Crippen LogP contribution in [0.3, 0.4) is 0 Å². The minimum atomic E-state index is 0. The van der Waals surface area contributed by atoms with Gasteiger partial charge in [0.05, 0.1) is 0 Å². The summed E-state index contributed by atoms with van der Waals surface area (Å²) in [5, 5.41) is 0. The normalized spacial score (nSPS) is 6.38. The van der Waals surface area contributed by atoms with Crippen molar-refractivity contribution in [1.82, 2.24) is 0 Å². The van der Waals surface area contributed by atoms with Crippen LogP contribution >= 0.6 is 0 Å². The molecule has 0 aromatic heterocycles. The van der Waals surface area contributed by atoms with Crippen molar-refractivity contribution in [2.24, 2.45) is 11.3 Å². The van der Waals surface area contributed by atoms with E-state index in [4.69, 9.17) is 0 Å². The number of hydrogen-bond acceptors (Lipinski definition) is 0. The molecule has 0 saturated heterocycles. The molecule has 0 amide bonds. The molecule has 0 aliphatic carbocycles. The zero-order chi connectivity index (χ0) is 10.1. The van der Waals surface area contributed by atoms with Crippen molar-refractivity contribution in [2.75, 3.05) is 0 Å². The van der Waals surface area contributed by atoms with Crippen molar-refractivity contribution in [3.05, 3.63) is 7.43 Å². The van der Waals surface area contributed by atoms with Gasteiger partial charge in [-0.2, -0.15) is 0 Å². The third-order valence-electron chi connectivity index (χ3n) is 0. The van der Waals surface area contributed by atoms with E-state index in [2.05, 4.69) is 48.5 Å². The molecule has 0 aromatic carbocycles. The Balaban J connectivity index is -0.00000000913. The molecule has 0 nitrogen and oxygen atoms in total. The van der Waals surface area contributed by atoms with E-state index in [1.54, 1.807) is 0 Å². The molecule has 0 rings (SSSR count). The molecule has 0 fully saturated rings. The second-order valence-corrected chi connectivity index (χ2v) is 4.73. The van der Waals surface area contributed by atoms with Gasteiger partial charge in [0.15, 0.2) is 0 Å². The Kier molecular flexibility index (Phi) is 114. The summed E-state index contributed by atoms with van der Waals surface area (Å²) in [4.78, 5) is 0. The maximum atomic E-state index is 2.19. The summed E-state index contributed by atoms with van der Waals surface area (Å²) in [6.45, 7) is 19.2. The van der Waals surface area contributed by atoms with Crippen LogP contribution in [-0.2, 0) is 131 Å². The maximum Gasteiger partial charge on any atom is 0 e. The van der Waals surface area contributed by atoms with Crippen LogP contribution in [0.25, 0.3) is 0 Å². The average Bonchev–Trinajstić information content (AvgIpc) is 1.63. The predicted octanol–water partition coefficient (Wildman–Crippen LogP) is 5.18. The summed E-state index contributed by atoms with van der Waals surface area (Å²) in [5.74, 6) is 0.833. The maximum absolute atomic E-state index is 2.19. The molecule has 0 aromatic rings. The Morgan fingerprint density at radius 1 is 0.625 bits per heavy atom. The van der Waals surface area contributed by atoms with Crippen LogP contribution in [-0.4, -0.2) is 0 Å². The zero-order valence-electron chi connectivity index (χ0n) is 13.4. The molecule has 0 N–H and O–H groups in total. The molecule has 0 unspecified atom stereocenters. The van der Waals surface area contributed by atoms with Crippen molar-refractivity contribution in [1.29, 1.82) is 0 Å². The fourth-order valence-electron chi connectivity index (χ4n) is 0. The van der Waals surface area contributed by atoms with Gasteiger partial charge in [-0.25, -0.2) is 0 Å². The number of hydrogen-bond donors (Lipinski definition) is 0. The molecule has 92 valence electrons. The molecule has 16 heavy (non-hydrogen) atoms. The average molecular weight is 531 g/mol. The van der Waals surface area contributed by atoms with Gasteiger partial charge in [-0.1, -0.05) is 62.3 Å². The van der Waals surface area contributed by atoms with Crippen LogP contribution in [0.5, 0.6) is 0 Å². The fourth-order valence-corrected chi connectivity index (χ4v) is 0. The van der Waals surface area contributed by atoms with Gasteiger partial charge >= 0.3 is 0 Å². The number of rotatable bonds is 0. The van der Waals surface area contributed by atoms with Crippen molar-refractivity contribution in [3.8, 4) is 0 Å². The topological polar surface area (TPSA) is 0 Å². The van der Waals surface area contributed by atoms with Gasteiger partial charge < -0.3 is 7.43 Å². The van der Waals surface area contributed by atoms with E-state index in [-0.39, 0.29) is 138 Å². The Hall–Kier alpha value is 4.42. The van der Waals surface area contributed by atoms with Crippen molar-refractivity contribution >= 4 is 0 Å². The van der Waals surface area contributed by atoms with Crippen LogP contribution in [0.1, 0.15) is 62.3 Å². The largest absolute Gasteiger partial charge is 0.358 e. The third-order valence-corrected chi connectivity index (χ3v) is 0. The molecule has 4 heteroatoms. The SMILES string of the molecule is CC.CC(C)(C)C.CC(C)C.[CH3-].[Y].[Y].[Y].[Y]. The summed E-state index contributed by atoms with van der Waals surface area (Å²) in [6.07, 6.45) is 0. The van der Waals surface area contributed by atoms with Crippen LogP contribution < -0.4 is 0 Å². The second kappa shape index (κ2) is 36.6. The van der Waals surface area contributed by atoms with Crippen LogP contribution in [0.4, 0.5) is 0 Å². The first-order valence-electron chi connectivity index (χ1n) is 4.73. The molecule has 4 radical (unpaired) electrons. The summed E-state index contributed by atoms with van der Waals surface area (Å²) >= 11 is 0. The van der Waals surface area contributed by atoms with E-state index in [1.165, 1.54) is 0 Å². The summed E-state index contributed by atoms with van der Waals surface area (Å²) in [5.41, 5.74) is 0.500. The Morgan fingerprint density at radius 3 is 0.625 bits per heavy atom. The third kappa shape index (κ3) is 286. The molecule has 0 aliphatic rings. The van der Waals surface area contributed by atoms with Crippen LogP contribution in [0, 0.1) is 18.8 Å². The van der Waals surface area contributed by atoms with Crippen molar-refractivity contribution in [2.45, 2.75) is 62.3 Å². The van der Waals surface area contributed by atoms with E-state index in [9.17, 15) is 0 Å². The van der Waals surface area contributed by atoms with Crippen LogP contribution in [0.15, 0.2) is 0 Å². The van der Waals surface area contributed by atoms with Crippen molar-refractivity contribution in [3.63, 3.8) is 0 Å². The molecule has 0 bridgehead atoms. The Labute approximate surface area is 207 Å². The molecule has 0 atom stereocenters. The van der Waals surface area contributed by atoms with E-state index in [1.807, 2.05) is 13.8 Å². The minimum Gasteiger partial charge on any atom is -0.358 e. The first kappa shape index (κ1) is 49.9. The van der Waals surface area contributed by atoms with E-state index < -0.39 is 0 Å². The standard InChI is InChI=1S/C5H12.C4H10.C2H6.CH3.4Y/c1-5(2,3)4;1-4(2)3;1-2;;;;;/h1-4H3;4H,1-3H3;1-2H3;1H3;;;;/q;;;-1;;;;. The fraction of sp³-hybridized carbons (Fsp3) is 0.917. The van der Waals surface area contributed by atoms with E-state index in [0.717, 1.165) is 5.92 Å². The van der Waals surface area contributed by atoms with Crippen molar-refractivity contribution < 1.29 is 131 Å².